The second-order valence-corrected chi connectivity index (χ2v) is 7.42. The van der Waals surface area contributed by atoms with E-state index < -0.39 is 0 Å². The standard InChI is InChI=1S/C17H35N/c1-7-8-9-10-11-12-17(6)15(16(17,4)5)13-18-14(2)3/h14-15,18H,7-13H2,1-6H3. The summed E-state index contributed by atoms with van der Waals surface area (Å²) >= 11 is 0. The predicted molar refractivity (Wildman–Crippen MR) is 81.9 cm³/mol. The number of nitrogens with one attached hydrogen (secondary N) is 1. The molecule has 0 radical (unpaired) electrons. The maximum atomic E-state index is 3.63. The van der Waals surface area contributed by atoms with Gasteiger partial charge >= 0.3 is 0 Å². The normalized spacial score (nSPS) is 29.8. The van der Waals surface area contributed by atoms with Crippen LogP contribution < -0.4 is 5.32 Å². The van der Waals surface area contributed by atoms with Crippen LogP contribution in [0.5, 0.6) is 0 Å². The molecule has 0 aromatic heterocycles. The van der Waals surface area contributed by atoms with Gasteiger partial charge in [-0.1, -0.05) is 73.6 Å². The van der Waals surface area contributed by atoms with Crippen molar-refractivity contribution in [1.29, 1.82) is 0 Å². The van der Waals surface area contributed by atoms with Gasteiger partial charge < -0.3 is 5.32 Å². The van der Waals surface area contributed by atoms with E-state index in [4.69, 9.17) is 0 Å². The van der Waals surface area contributed by atoms with E-state index in [9.17, 15) is 0 Å². The van der Waals surface area contributed by atoms with Crippen LogP contribution in [-0.4, -0.2) is 12.6 Å². The molecule has 0 aromatic carbocycles. The van der Waals surface area contributed by atoms with Crippen molar-refractivity contribution in [2.45, 2.75) is 86.1 Å². The van der Waals surface area contributed by atoms with Crippen LogP contribution in [0.4, 0.5) is 0 Å². The molecule has 0 saturated heterocycles. The van der Waals surface area contributed by atoms with E-state index in [1.807, 2.05) is 0 Å². The molecule has 0 heterocycles. The number of hydrogen-bond acceptors (Lipinski definition) is 1. The summed E-state index contributed by atoms with van der Waals surface area (Å²) in [6, 6.07) is 0.621. The van der Waals surface area contributed by atoms with E-state index in [0.717, 1.165) is 5.92 Å². The Bertz CT molecular complexity index is 244. The first-order valence-corrected chi connectivity index (χ1v) is 8.09. The van der Waals surface area contributed by atoms with E-state index in [1.165, 1.54) is 45.1 Å². The van der Waals surface area contributed by atoms with Crippen LogP contribution in [0.3, 0.4) is 0 Å². The Balaban J connectivity index is 2.29. The second-order valence-electron chi connectivity index (χ2n) is 7.42. The zero-order chi connectivity index (χ0) is 13.8. The van der Waals surface area contributed by atoms with Crippen LogP contribution in [0.25, 0.3) is 0 Å². The molecule has 1 nitrogen and oxygen atoms in total. The summed E-state index contributed by atoms with van der Waals surface area (Å²) in [5.41, 5.74) is 1.13. The predicted octanol–water partition coefficient (Wildman–Crippen LogP) is 5.01. The number of hydrogen-bond donors (Lipinski definition) is 1. The number of rotatable bonds is 9. The molecule has 0 spiro atoms. The van der Waals surface area contributed by atoms with E-state index in [-0.39, 0.29) is 0 Å². The van der Waals surface area contributed by atoms with Gasteiger partial charge in [0.2, 0.25) is 0 Å². The van der Waals surface area contributed by atoms with Crippen molar-refractivity contribution < 1.29 is 0 Å². The lowest BCUT2D eigenvalue weighted by atomic mass is 9.91. The third-order valence-electron chi connectivity index (χ3n) is 5.56. The fourth-order valence-electron chi connectivity index (χ4n) is 3.62. The average molecular weight is 253 g/mol. The Kier molecular flexibility index (Phi) is 5.70. The van der Waals surface area contributed by atoms with Crippen LogP contribution in [0.15, 0.2) is 0 Å². The van der Waals surface area contributed by atoms with Crippen LogP contribution in [0.1, 0.15) is 80.1 Å². The van der Waals surface area contributed by atoms with Gasteiger partial charge in [-0.3, -0.25) is 0 Å². The van der Waals surface area contributed by atoms with Crippen molar-refractivity contribution in [2.75, 3.05) is 6.54 Å². The summed E-state index contributed by atoms with van der Waals surface area (Å²) in [6.07, 6.45) is 8.49. The second kappa shape index (κ2) is 6.41. The third-order valence-corrected chi connectivity index (χ3v) is 5.56. The van der Waals surface area contributed by atoms with E-state index in [0.29, 0.717) is 16.9 Å². The van der Waals surface area contributed by atoms with E-state index >= 15 is 0 Å². The van der Waals surface area contributed by atoms with Gasteiger partial charge in [0.25, 0.3) is 0 Å². The summed E-state index contributed by atoms with van der Waals surface area (Å²) < 4.78 is 0. The fraction of sp³-hybridized carbons (Fsp3) is 1.00. The highest BCUT2D eigenvalue weighted by Crippen LogP contribution is 2.70. The molecule has 1 saturated carbocycles. The molecule has 1 aliphatic carbocycles. The lowest BCUT2D eigenvalue weighted by Gasteiger charge is -2.14. The van der Waals surface area contributed by atoms with Crippen molar-refractivity contribution in [3.63, 3.8) is 0 Å². The first-order chi connectivity index (χ1) is 8.36. The zero-order valence-corrected chi connectivity index (χ0v) is 13.6. The van der Waals surface area contributed by atoms with Gasteiger partial charge in [-0.2, -0.15) is 0 Å². The molecule has 2 unspecified atom stereocenters. The minimum atomic E-state index is 0.541. The first-order valence-electron chi connectivity index (χ1n) is 8.09. The number of unbranched alkanes of at least 4 members (excludes halogenated alkanes) is 4. The molecule has 1 N–H and O–H groups in total. The van der Waals surface area contributed by atoms with Crippen molar-refractivity contribution in [3.8, 4) is 0 Å². The molecule has 18 heavy (non-hydrogen) atoms. The first kappa shape index (κ1) is 16.0. The summed E-state index contributed by atoms with van der Waals surface area (Å²) in [4.78, 5) is 0. The summed E-state index contributed by atoms with van der Waals surface area (Å²) in [7, 11) is 0. The Morgan fingerprint density at radius 2 is 1.61 bits per heavy atom. The van der Waals surface area contributed by atoms with Crippen LogP contribution >= 0.6 is 0 Å². The average Bonchev–Trinajstić information content (AvgIpc) is 2.69. The molecule has 108 valence electrons. The summed E-state index contributed by atoms with van der Waals surface area (Å²) in [5, 5.41) is 3.63. The molecule has 1 fully saturated rings. The molecule has 0 bridgehead atoms. The molecule has 0 amide bonds. The quantitative estimate of drug-likeness (QED) is 0.570. The molecule has 0 aliphatic heterocycles. The molecule has 1 aliphatic rings. The van der Waals surface area contributed by atoms with Gasteiger partial charge in [0.1, 0.15) is 0 Å². The fourth-order valence-corrected chi connectivity index (χ4v) is 3.62. The van der Waals surface area contributed by atoms with Crippen molar-refractivity contribution in [1.82, 2.24) is 5.32 Å². The SMILES string of the molecule is CCCCCCCC1(C)C(CNC(C)C)C1(C)C. The lowest BCUT2D eigenvalue weighted by molar-refractivity contribution is 0.367. The molecule has 1 rings (SSSR count). The Labute approximate surface area is 115 Å². The van der Waals surface area contributed by atoms with Crippen molar-refractivity contribution in [3.05, 3.63) is 0 Å². The van der Waals surface area contributed by atoms with Gasteiger partial charge in [0.15, 0.2) is 0 Å². The summed E-state index contributed by atoms with van der Waals surface area (Å²) in [6.45, 7) is 15.4. The van der Waals surface area contributed by atoms with E-state index in [2.05, 4.69) is 46.9 Å². The zero-order valence-electron chi connectivity index (χ0n) is 13.6. The Morgan fingerprint density at radius 3 is 2.17 bits per heavy atom. The Hall–Kier alpha value is -0.0400. The maximum absolute atomic E-state index is 3.63. The third kappa shape index (κ3) is 3.50. The monoisotopic (exact) mass is 253 g/mol. The summed E-state index contributed by atoms with van der Waals surface area (Å²) in [5.74, 6) is 0.874. The van der Waals surface area contributed by atoms with Gasteiger partial charge in [-0.15, -0.1) is 0 Å². The van der Waals surface area contributed by atoms with Crippen LogP contribution in [-0.2, 0) is 0 Å². The molecular weight excluding hydrogens is 218 g/mol. The van der Waals surface area contributed by atoms with Crippen LogP contribution in [0, 0.1) is 16.7 Å². The maximum Gasteiger partial charge on any atom is 0.00105 e. The largest absolute Gasteiger partial charge is 0.314 e. The topological polar surface area (TPSA) is 12.0 Å². The highest BCUT2D eigenvalue weighted by atomic mass is 14.9. The van der Waals surface area contributed by atoms with Gasteiger partial charge in [-0.05, 0) is 29.7 Å². The van der Waals surface area contributed by atoms with Gasteiger partial charge in [0, 0.05) is 6.04 Å². The smallest absolute Gasteiger partial charge is 0.00105 e. The highest BCUT2D eigenvalue weighted by molar-refractivity contribution is 5.15. The van der Waals surface area contributed by atoms with Gasteiger partial charge in [0.05, 0.1) is 0 Å². The highest BCUT2D eigenvalue weighted by Gasteiger charge is 2.66. The lowest BCUT2D eigenvalue weighted by Crippen LogP contribution is -2.26. The Morgan fingerprint density at radius 1 is 1.00 bits per heavy atom. The molecule has 2 atom stereocenters. The van der Waals surface area contributed by atoms with Crippen molar-refractivity contribution in [2.24, 2.45) is 16.7 Å². The molecule has 1 heteroatoms. The van der Waals surface area contributed by atoms with E-state index in [1.54, 1.807) is 0 Å². The van der Waals surface area contributed by atoms with Crippen molar-refractivity contribution >= 4 is 0 Å². The van der Waals surface area contributed by atoms with Crippen LogP contribution in [0.2, 0.25) is 0 Å². The minimum Gasteiger partial charge on any atom is -0.314 e. The molecular formula is C17H35N. The van der Waals surface area contributed by atoms with Gasteiger partial charge in [-0.25, -0.2) is 0 Å². The molecule has 0 aromatic rings. The minimum absolute atomic E-state index is 0.541.